The molecule has 0 spiro atoms. The molecule has 5 nitrogen and oxygen atoms in total. The number of anilines is 3. The number of ketones is 1. The highest BCUT2D eigenvalue weighted by atomic mass is 35.5. The van der Waals surface area contributed by atoms with Crippen molar-refractivity contribution >= 4 is 52.1 Å². The smallest absolute Gasteiger partial charge is 0.327 e. The van der Waals surface area contributed by atoms with E-state index < -0.39 is 17.9 Å². The molecule has 8 heteroatoms. The molecular weight excluding hydrogens is 548 g/mol. The number of fused-ring (bicyclic) bond motifs is 1. The van der Waals surface area contributed by atoms with Crippen molar-refractivity contribution in [2.75, 3.05) is 15.5 Å². The van der Waals surface area contributed by atoms with Gasteiger partial charge in [0.15, 0.2) is 5.78 Å². The zero-order valence-electron chi connectivity index (χ0n) is 21.2. The molecule has 0 saturated heterocycles. The third-order valence-electron chi connectivity index (χ3n) is 7.31. The minimum Gasteiger partial charge on any atom is -0.357 e. The molecule has 4 aromatic rings. The maximum Gasteiger partial charge on any atom is 0.327 e. The van der Waals surface area contributed by atoms with Gasteiger partial charge < -0.3 is 10.6 Å². The molecule has 2 N–H and O–H groups in total. The van der Waals surface area contributed by atoms with Gasteiger partial charge in [0.25, 0.3) is 0 Å². The SMILES string of the molecule is O=C1C[C@@H](c2ccccc2)CC2=C1[C@H](c1cccc(F)c1)N(C(=O)Nc1ccc(Cl)c(Cl)c1)c1ccccc1N2. The molecular formula is C32H24Cl2FN3O2. The van der Waals surface area contributed by atoms with Crippen LogP contribution in [0.1, 0.15) is 35.9 Å². The van der Waals surface area contributed by atoms with Crippen LogP contribution < -0.4 is 15.5 Å². The van der Waals surface area contributed by atoms with Crippen LogP contribution in [0.25, 0.3) is 0 Å². The number of nitrogens with one attached hydrogen (secondary N) is 2. The number of hydrogen-bond donors (Lipinski definition) is 2. The van der Waals surface area contributed by atoms with Gasteiger partial charge in [-0.2, -0.15) is 0 Å². The van der Waals surface area contributed by atoms with Gasteiger partial charge in [-0.25, -0.2) is 9.18 Å². The lowest BCUT2D eigenvalue weighted by Gasteiger charge is -2.35. The van der Waals surface area contributed by atoms with E-state index in [1.807, 2.05) is 48.5 Å². The summed E-state index contributed by atoms with van der Waals surface area (Å²) in [5.74, 6) is -0.589. The summed E-state index contributed by atoms with van der Waals surface area (Å²) in [5.41, 5.74) is 4.36. The van der Waals surface area contributed by atoms with Crippen molar-refractivity contribution in [2.45, 2.75) is 24.8 Å². The Morgan fingerprint density at radius 2 is 1.60 bits per heavy atom. The first-order valence-corrected chi connectivity index (χ1v) is 13.6. The molecule has 0 aromatic heterocycles. The van der Waals surface area contributed by atoms with Gasteiger partial charge in [0.1, 0.15) is 5.82 Å². The molecule has 1 heterocycles. The largest absolute Gasteiger partial charge is 0.357 e. The zero-order valence-corrected chi connectivity index (χ0v) is 22.7. The van der Waals surface area contributed by atoms with Gasteiger partial charge in [-0.1, -0.05) is 77.8 Å². The van der Waals surface area contributed by atoms with Crippen LogP contribution in [-0.4, -0.2) is 11.8 Å². The fraction of sp³-hybridized carbons (Fsp3) is 0.125. The fourth-order valence-corrected chi connectivity index (χ4v) is 5.82. The molecule has 0 saturated carbocycles. The molecule has 40 heavy (non-hydrogen) atoms. The Balaban J connectivity index is 1.51. The lowest BCUT2D eigenvalue weighted by atomic mass is 9.78. The number of urea groups is 1. The summed E-state index contributed by atoms with van der Waals surface area (Å²) in [4.78, 5) is 29.6. The molecule has 200 valence electrons. The summed E-state index contributed by atoms with van der Waals surface area (Å²) in [6.07, 6.45) is 0.836. The molecule has 2 aliphatic rings. The predicted octanol–water partition coefficient (Wildman–Crippen LogP) is 8.74. The standard InChI is InChI=1S/C32H24Cl2FN3O2/c33-24-14-13-23(18-25(24)34)36-32(40)38-28-12-5-4-11-26(28)37-27-16-21(19-7-2-1-3-8-19)17-29(39)30(27)31(38)20-9-6-10-22(35)15-20/h1-15,18,21,31,37H,16-17H2,(H,36,40)/t21-,31-/m0/s1. The fourth-order valence-electron chi connectivity index (χ4n) is 5.52. The number of para-hydroxylation sites is 2. The van der Waals surface area contributed by atoms with Crippen molar-refractivity contribution in [1.29, 1.82) is 0 Å². The van der Waals surface area contributed by atoms with Crippen molar-refractivity contribution in [3.8, 4) is 0 Å². The second kappa shape index (κ2) is 10.8. The van der Waals surface area contributed by atoms with Crippen molar-refractivity contribution in [2.24, 2.45) is 0 Å². The van der Waals surface area contributed by atoms with E-state index in [2.05, 4.69) is 10.6 Å². The monoisotopic (exact) mass is 571 g/mol. The summed E-state index contributed by atoms with van der Waals surface area (Å²) in [7, 11) is 0. The Morgan fingerprint density at radius 3 is 2.38 bits per heavy atom. The van der Waals surface area contributed by atoms with E-state index in [-0.39, 0.29) is 18.1 Å². The molecule has 4 aromatic carbocycles. The summed E-state index contributed by atoms with van der Waals surface area (Å²) in [5, 5.41) is 7.02. The van der Waals surface area contributed by atoms with Crippen LogP contribution in [0, 0.1) is 5.82 Å². The second-order valence-corrected chi connectivity index (χ2v) is 10.7. The first-order chi connectivity index (χ1) is 19.4. The molecule has 0 bridgehead atoms. The van der Waals surface area contributed by atoms with E-state index in [0.717, 1.165) is 11.3 Å². The molecule has 1 aliphatic carbocycles. The Labute approximate surface area is 241 Å². The van der Waals surface area contributed by atoms with Crippen LogP contribution in [-0.2, 0) is 4.79 Å². The molecule has 0 unspecified atom stereocenters. The van der Waals surface area contributed by atoms with Crippen molar-refractivity contribution in [3.63, 3.8) is 0 Å². The maximum absolute atomic E-state index is 14.6. The van der Waals surface area contributed by atoms with E-state index in [1.165, 1.54) is 17.0 Å². The van der Waals surface area contributed by atoms with Gasteiger partial charge >= 0.3 is 6.03 Å². The number of amides is 2. The van der Waals surface area contributed by atoms with E-state index >= 15 is 0 Å². The zero-order chi connectivity index (χ0) is 27.8. The van der Waals surface area contributed by atoms with Crippen molar-refractivity contribution in [1.82, 2.24) is 0 Å². The highest BCUT2D eigenvalue weighted by Crippen LogP contribution is 2.47. The molecule has 6 rings (SSSR count). The Hall–Kier alpha value is -4.13. The third-order valence-corrected chi connectivity index (χ3v) is 8.05. The lowest BCUT2D eigenvalue weighted by molar-refractivity contribution is -0.116. The topological polar surface area (TPSA) is 61.4 Å². The Kier molecular flexibility index (Phi) is 7.05. The summed E-state index contributed by atoms with van der Waals surface area (Å²) in [6, 6.07) is 26.7. The van der Waals surface area contributed by atoms with Gasteiger partial charge in [-0.3, -0.25) is 9.69 Å². The minimum atomic E-state index is -0.881. The lowest BCUT2D eigenvalue weighted by Crippen LogP contribution is -2.41. The average molecular weight is 572 g/mol. The minimum absolute atomic E-state index is 0.0307. The Bertz CT molecular complexity index is 1660. The highest BCUT2D eigenvalue weighted by molar-refractivity contribution is 6.42. The number of benzene rings is 4. The van der Waals surface area contributed by atoms with E-state index in [4.69, 9.17) is 23.2 Å². The Morgan fingerprint density at radius 1 is 0.850 bits per heavy atom. The normalized spacial score (nSPS) is 18.4. The second-order valence-electron chi connectivity index (χ2n) is 9.86. The number of Topliss-reactive ketones (excluding diaryl/α,β-unsaturated/α-hetero) is 1. The van der Waals surface area contributed by atoms with Crippen LogP contribution in [0.2, 0.25) is 10.0 Å². The van der Waals surface area contributed by atoms with Crippen molar-refractivity contribution in [3.05, 3.63) is 135 Å². The van der Waals surface area contributed by atoms with E-state index in [1.54, 1.807) is 36.4 Å². The molecule has 1 aliphatic heterocycles. The number of hydrogen-bond acceptors (Lipinski definition) is 3. The first-order valence-electron chi connectivity index (χ1n) is 12.9. The number of carbonyl (C=O) groups is 2. The van der Waals surface area contributed by atoms with Crippen LogP contribution in [0.15, 0.2) is 108 Å². The number of halogens is 3. The molecule has 2 amide bonds. The third kappa shape index (κ3) is 4.96. The maximum atomic E-state index is 14.6. The summed E-state index contributed by atoms with van der Waals surface area (Å²) in [6.45, 7) is 0. The van der Waals surface area contributed by atoms with Crippen LogP contribution >= 0.6 is 23.2 Å². The van der Waals surface area contributed by atoms with Gasteiger partial charge in [0.05, 0.1) is 27.5 Å². The van der Waals surface area contributed by atoms with Crippen molar-refractivity contribution < 1.29 is 14.0 Å². The van der Waals surface area contributed by atoms with Gasteiger partial charge in [-0.05, 0) is 65.9 Å². The van der Waals surface area contributed by atoms with Gasteiger partial charge in [0.2, 0.25) is 0 Å². The van der Waals surface area contributed by atoms with Crippen LogP contribution in [0.3, 0.4) is 0 Å². The van der Waals surface area contributed by atoms with Crippen LogP contribution in [0.5, 0.6) is 0 Å². The average Bonchev–Trinajstić information content (AvgIpc) is 3.10. The molecule has 0 radical (unpaired) electrons. The van der Waals surface area contributed by atoms with E-state index in [9.17, 15) is 14.0 Å². The number of carbonyl (C=O) groups excluding carboxylic acids is 2. The number of nitrogens with zero attached hydrogens (tertiary/aromatic N) is 1. The first kappa shape index (κ1) is 26.1. The molecule has 2 atom stereocenters. The van der Waals surface area contributed by atoms with Gasteiger partial charge in [-0.15, -0.1) is 0 Å². The van der Waals surface area contributed by atoms with Crippen LogP contribution in [0.4, 0.5) is 26.2 Å². The highest BCUT2D eigenvalue weighted by Gasteiger charge is 2.41. The predicted molar refractivity (Wildman–Crippen MR) is 158 cm³/mol. The molecule has 0 fully saturated rings. The summed E-state index contributed by atoms with van der Waals surface area (Å²) >= 11 is 12.3. The summed E-state index contributed by atoms with van der Waals surface area (Å²) < 4.78 is 14.6. The van der Waals surface area contributed by atoms with E-state index in [0.29, 0.717) is 44.7 Å². The number of allylic oxidation sites excluding steroid dienone is 1. The van der Waals surface area contributed by atoms with Gasteiger partial charge in [0, 0.05) is 23.4 Å². The number of rotatable bonds is 3. The quantitative estimate of drug-likeness (QED) is 0.258.